The Hall–Kier alpha value is -1.91. The molecule has 0 aromatic heterocycles. The first-order valence-corrected chi connectivity index (χ1v) is 6.82. The standard InChI is InChI=1S/C15H18FNO3/c1-11(15(19)17-7-3-2-4-8-17)20-14-6-5-12(10-18)9-13(14)16/h5-6,9-11H,2-4,7-8H2,1H3. The number of carbonyl (C=O) groups is 2. The average Bonchev–Trinajstić information content (AvgIpc) is 2.49. The van der Waals surface area contributed by atoms with Crippen LogP contribution in [0.3, 0.4) is 0 Å². The van der Waals surface area contributed by atoms with Gasteiger partial charge in [0.1, 0.15) is 6.29 Å². The van der Waals surface area contributed by atoms with Crippen LogP contribution >= 0.6 is 0 Å². The van der Waals surface area contributed by atoms with Gasteiger partial charge in [0.2, 0.25) is 0 Å². The van der Waals surface area contributed by atoms with Gasteiger partial charge in [0.15, 0.2) is 17.7 Å². The molecule has 1 aliphatic heterocycles. The summed E-state index contributed by atoms with van der Waals surface area (Å²) < 4.78 is 19.1. The van der Waals surface area contributed by atoms with Crippen LogP contribution in [0.4, 0.5) is 4.39 Å². The highest BCUT2D eigenvalue weighted by Crippen LogP contribution is 2.20. The Morgan fingerprint density at radius 3 is 2.65 bits per heavy atom. The third-order valence-electron chi connectivity index (χ3n) is 3.41. The minimum Gasteiger partial charge on any atom is -0.478 e. The predicted molar refractivity (Wildman–Crippen MR) is 72.3 cm³/mol. The molecule has 1 unspecified atom stereocenters. The first-order chi connectivity index (χ1) is 9.61. The third-order valence-corrected chi connectivity index (χ3v) is 3.41. The molecule has 1 saturated heterocycles. The van der Waals surface area contributed by atoms with Crippen LogP contribution in [0.2, 0.25) is 0 Å². The van der Waals surface area contributed by atoms with Crippen molar-refractivity contribution in [2.24, 2.45) is 0 Å². The first kappa shape index (κ1) is 14.5. The van der Waals surface area contributed by atoms with Gasteiger partial charge >= 0.3 is 0 Å². The van der Waals surface area contributed by atoms with E-state index in [2.05, 4.69) is 0 Å². The van der Waals surface area contributed by atoms with Crippen molar-refractivity contribution in [3.63, 3.8) is 0 Å². The number of ether oxygens (including phenoxy) is 1. The largest absolute Gasteiger partial charge is 0.478 e. The maximum absolute atomic E-state index is 13.7. The van der Waals surface area contributed by atoms with E-state index in [0.717, 1.165) is 38.4 Å². The van der Waals surface area contributed by atoms with Crippen molar-refractivity contribution in [1.82, 2.24) is 4.90 Å². The maximum atomic E-state index is 13.7. The lowest BCUT2D eigenvalue weighted by Crippen LogP contribution is -2.43. The molecule has 108 valence electrons. The second-order valence-electron chi connectivity index (χ2n) is 4.95. The first-order valence-electron chi connectivity index (χ1n) is 6.82. The molecule has 2 rings (SSSR count). The lowest BCUT2D eigenvalue weighted by atomic mass is 10.1. The monoisotopic (exact) mass is 279 g/mol. The molecular formula is C15H18FNO3. The topological polar surface area (TPSA) is 46.6 Å². The number of carbonyl (C=O) groups excluding carboxylic acids is 2. The van der Waals surface area contributed by atoms with Crippen LogP contribution in [0, 0.1) is 5.82 Å². The summed E-state index contributed by atoms with van der Waals surface area (Å²) in [6.45, 7) is 3.09. The molecule has 0 N–H and O–H groups in total. The summed E-state index contributed by atoms with van der Waals surface area (Å²) in [5, 5.41) is 0. The van der Waals surface area contributed by atoms with Gasteiger partial charge in [-0.15, -0.1) is 0 Å². The van der Waals surface area contributed by atoms with E-state index in [9.17, 15) is 14.0 Å². The number of rotatable bonds is 4. The van der Waals surface area contributed by atoms with Crippen LogP contribution in [0.15, 0.2) is 18.2 Å². The zero-order valence-corrected chi connectivity index (χ0v) is 11.5. The van der Waals surface area contributed by atoms with Crippen LogP contribution in [0.1, 0.15) is 36.5 Å². The molecule has 1 aromatic rings. The number of likely N-dealkylation sites (tertiary alicyclic amines) is 1. The van der Waals surface area contributed by atoms with Crippen molar-refractivity contribution in [2.75, 3.05) is 13.1 Å². The molecule has 5 heteroatoms. The number of hydrogen-bond donors (Lipinski definition) is 0. The zero-order chi connectivity index (χ0) is 14.5. The number of amides is 1. The van der Waals surface area contributed by atoms with Gasteiger partial charge in [-0.1, -0.05) is 0 Å². The minimum atomic E-state index is -0.732. The number of benzene rings is 1. The molecule has 4 nitrogen and oxygen atoms in total. The summed E-state index contributed by atoms with van der Waals surface area (Å²) in [4.78, 5) is 24.5. The highest BCUT2D eigenvalue weighted by Gasteiger charge is 2.24. The van der Waals surface area contributed by atoms with E-state index < -0.39 is 11.9 Å². The molecule has 1 amide bonds. The van der Waals surface area contributed by atoms with Crippen LogP contribution in [0.5, 0.6) is 5.75 Å². The van der Waals surface area contributed by atoms with E-state index in [1.165, 1.54) is 12.1 Å². The van der Waals surface area contributed by atoms with E-state index in [0.29, 0.717) is 6.29 Å². The number of nitrogens with zero attached hydrogens (tertiary/aromatic N) is 1. The molecule has 0 aliphatic carbocycles. The summed E-state index contributed by atoms with van der Waals surface area (Å²) in [7, 11) is 0. The fourth-order valence-corrected chi connectivity index (χ4v) is 2.30. The molecule has 1 fully saturated rings. The molecule has 0 spiro atoms. The molecule has 1 atom stereocenters. The normalized spacial score (nSPS) is 16.6. The van der Waals surface area contributed by atoms with Crippen molar-refractivity contribution in [1.29, 1.82) is 0 Å². The quantitative estimate of drug-likeness (QED) is 0.795. The smallest absolute Gasteiger partial charge is 0.263 e. The second kappa shape index (κ2) is 6.50. The van der Waals surface area contributed by atoms with Crippen molar-refractivity contribution >= 4 is 12.2 Å². The van der Waals surface area contributed by atoms with E-state index in [1.54, 1.807) is 11.8 Å². The molecule has 20 heavy (non-hydrogen) atoms. The van der Waals surface area contributed by atoms with Gasteiger partial charge in [0.25, 0.3) is 5.91 Å². The SMILES string of the molecule is CC(Oc1ccc(C=O)cc1F)C(=O)N1CCCCC1. The van der Waals surface area contributed by atoms with Crippen molar-refractivity contribution in [2.45, 2.75) is 32.3 Å². The maximum Gasteiger partial charge on any atom is 0.263 e. The number of halogens is 1. The minimum absolute atomic E-state index is 0.00606. The van der Waals surface area contributed by atoms with Gasteiger partial charge in [-0.25, -0.2) is 4.39 Å². The van der Waals surface area contributed by atoms with Gasteiger partial charge in [0, 0.05) is 18.7 Å². The van der Waals surface area contributed by atoms with Crippen molar-refractivity contribution in [3.05, 3.63) is 29.6 Å². The highest BCUT2D eigenvalue weighted by atomic mass is 19.1. The van der Waals surface area contributed by atoms with Gasteiger partial charge in [-0.05, 0) is 44.4 Å². The van der Waals surface area contributed by atoms with Crippen LogP contribution in [0.25, 0.3) is 0 Å². The Labute approximate surface area is 117 Å². The molecule has 0 bridgehead atoms. The van der Waals surface area contributed by atoms with Gasteiger partial charge in [0.05, 0.1) is 0 Å². The molecular weight excluding hydrogens is 261 g/mol. The molecule has 1 heterocycles. The third kappa shape index (κ3) is 3.35. The van der Waals surface area contributed by atoms with Gasteiger partial charge in [-0.3, -0.25) is 9.59 Å². The molecule has 0 saturated carbocycles. The van der Waals surface area contributed by atoms with Crippen LogP contribution in [-0.4, -0.2) is 36.3 Å². The average molecular weight is 279 g/mol. The van der Waals surface area contributed by atoms with Crippen molar-refractivity contribution in [3.8, 4) is 5.75 Å². The van der Waals surface area contributed by atoms with Crippen LogP contribution < -0.4 is 4.74 Å². The predicted octanol–water partition coefficient (Wildman–Crippen LogP) is 2.42. The van der Waals surface area contributed by atoms with Gasteiger partial charge < -0.3 is 9.64 Å². The number of aldehydes is 1. The Kier molecular flexibility index (Phi) is 4.71. The molecule has 0 radical (unpaired) electrons. The highest BCUT2D eigenvalue weighted by molar-refractivity contribution is 5.81. The summed E-state index contributed by atoms with van der Waals surface area (Å²) in [5.74, 6) is -0.759. The fraction of sp³-hybridized carbons (Fsp3) is 0.467. The Balaban J connectivity index is 2.01. The van der Waals surface area contributed by atoms with E-state index in [-0.39, 0.29) is 17.2 Å². The number of hydrogen-bond acceptors (Lipinski definition) is 3. The lowest BCUT2D eigenvalue weighted by Gasteiger charge is -2.29. The fourth-order valence-electron chi connectivity index (χ4n) is 2.30. The Morgan fingerprint density at radius 2 is 2.05 bits per heavy atom. The second-order valence-corrected chi connectivity index (χ2v) is 4.95. The van der Waals surface area contributed by atoms with Crippen molar-refractivity contribution < 1.29 is 18.7 Å². The summed E-state index contributed by atoms with van der Waals surface area (Å²) in [6, 6.07) is 3.93. The Morgan fingerprint density at radius 1 is 1.35 bits per heavy atom. The summed E-state index contributed by atoms with van der Waals surface area (Å²) in [6.07, 6.45) is 2.97. The zero-order valence-electron chi connectivity index (χ0n) is 11.5. The Bertz CT molecular complexity index is 498. The molecule has 1 aliphatic rings. The number of piperidine rings is 1. The lowest BCUT2D eigenvalue weighted by molar-refractivity contribution is -0.138. The van der Waals surface area contributed by atoms with E-state index in [1.807, 2.05) is 0 Å². The van der Waals surface area contributed by atoms with Crippen LogP contribution in [-0.2, 0) is 4.79 Å². The summed E-state index contributed by atoms with van der Waals surface area (Å²) >= 11 is 0. The van der Waals surface area contributed by atoms with E-state index in [4.69, 9.17) is 4.74 Å². The van der Waals surface area contributed by atoms with E-state index >= 15 is 0 Å². The molecule has 1 aromatic carbocycles. The van der Waals surface area contributed by atoms with Gasteiger partial charge in [-0.2, -0.15) is 0 Å². The summed E-state index contributed by atoms with van der Waals surface area (Å²) in [5.41, 5.74) is 0.241.